The third kappa shape index (κ3) is 3.97. The molecule has 0 aromatic heterocycles. The molecule has 5 nitrogen and oxygen atoms in total. The maximum atomic E-state index is 12.7. The third-order valence-electron chi connectivity index (χ3n) is 2.09. The van der Waals surface area contributed by atoms with E-state index in [4.69, 9.17) is 0 Å². The fourth-order valence-electron chi connectivity index (χ4n) is 1.38. The van der Waals surface area contributed by atoms with E-state index in [9.17, 15) is 26.2 Å². The van der Waals surface area contributed by atoms with Crippen molar-refractivity contribution < 1.29 is 34.9 Å². The van der Waals surface area contributed by atoms with Gasteiger partial charge in [-0.3, -0.25) is 0 Å². The quantitative estimate of drug-likeness (QED) is 0.361. The van der Waals surface area contributed by atoms with Crippen LogP contribution in [0.25, 0.3) is 0 Å². The number of aryl methyl sites for hydroxylation is 1. The van der Waals surface area contributed by atoms with Gasteiger partial charge in [0.05, 0.1) is 5.56 Å². The lowest BCUT2D eigenvalue weighted by Crippen LogP contribution is -2.17. The van der Waals surface area contributed by atoms with Crippen molar-refractivity contribution in [3.8, 4) is 0 Å². The lowest BCUT2D eigenvalue weighted by Gasteiger charge is -2.14. The molecule has 0 fully saturated rings. The first-order chi connectivity index (χ1) is 8.70. The molecule has 0 heterocycles. The number of hydrogen-bond donors (Lipinski definition) is 0. The van der Waals surface area contributed by atoms with Crippen LogP contribution in [-0.4, -0.2) is 15.2 Å². The van der Waals surface area contributed by atoms with Gasteiger partial charge in [-0.2, -0.15) is 21.6 Å². The Morgan fingerprint density at radius 2 is 1.95 bits per heavy atom. The van der Waals surface area contributed by atoms with E-state index in [-0.39, 0.29) is 5.56 Å². The molecule has 0 aliphatic heterocycles. The van der Waals surface area contributed by atoms with Crippen molar-refractivity contribution in [3.05, 3.63) is 29.3 Å². The van der Waals surface area contributed by atoms with Crippen LogP contribution >= 0.6 is 8.69 Å². The summed E-state index contributed by atoms with van der Waals surface area (Å²) in [4.78, 5) is -0.972. The first-order valence-electron chi connectivity index (χ1n) is 4.75. The van der Waals surface area contributed by atoms with E-state index in [1.165, 1.54) is 13.0 Å². The molecular weight excluding hydrogens is 308 g/mol. The molecule has 0 spiro atoms. The second-order valence-electron chi connectivity index (χ2n) is 3.37. The lowest BCUT2D eigenvalue weighted by molar-refractivity contribution is -0.140. The van der Waals surface area contributed by atoms with E-state index in [1.807, 2.05) is 0 Å². The standard InChI is InChI=1S/C9H9F3O5PS/c1-6-3-2-4-7(9(10,11)12)8(6)19(14,15)17-5-16-18-13/h2-4,18H,5H2,1H3/q+1. The van der Waals surface area contributed by atoms with Gasteiger partial charge in [0.1, 0.15) is 4.90 Å². The molecule has 0 N–H and O–H groups in total. The summed E-state index contributed by atoms with van der Waals surface area (Å²) in [5.41, 5.74) is -1.43. The van der Waals surface area contributed by atoms with E-state index >= 15 is 0 Å². The molecule has 19 heavy (non-hydrogen) atoms. The van der Waals surface area contributed by atoms with Crippen molar-refractivity contribution in [2.45, 2.75) is 18.0 Å². The van der Waals surface area contributed by atoms with Gasteiger partial charge in [0.15, 0.2) is 0 Å². The fourth-order valence-corrected chi connectivity index (χ4v) is 2.78. The number of benzene rings is 1. The normalized spacial score (nSPS) is 12.8. The molecule has 1 atom stereocenters. The van der Waals surface area contributed by atoms with Crippen LogP contribution in [0, 0.1) is 6.92 Å². The first kappa shape index (κ1) is 16.0. The molecule has 106 valence electrons. The molecule has 0 bridgehead atoms. The predicted molar refractivity (Wildman–Crippen MR) is 59.4 cm³/mol. The third-order valence-corrected chi connectivity index (χ3v) is 3.77. The molecule has 0 radical (unpaired) electrons. The summed E-state index contributed by atoms with van der Waals surface area (Å²) >= 11 is 0. The van der Waals surface area contributed by atoms with Crippen LogP contribution in [0.5, 0.6) is 0 Å². The van der Waals surface area contributed by atoms with Gasteiger partial charge in [0.25, 0.3) is 10.1 Å². The Kier molecular flexibility index (Phi) is 5.03. The van der Waals surface area contributed by atoms with Gasteiger partial charge in [0, 0.05) is 0 Å². The van der Waals surface area contributed by atoms with Crippen LogP contribution in [0.1, 0.15) is 11.1 Å². The van der Waals surface area contributed by atoms with Gasteiger partial charge in [0.2, 0.25) is 6.79 Å². The van der Waals surface area contributed by atoms with Crippen LogP contribution in [-0.2, 0) is 29.6 Å². The average molecular weight is 317 g/mol. The van der Waals surface area contributed by atoms with Gasteiger partial charge in [-0.15, -0.1) is 4.52 Å². The Bertz CT molecular complexity index is 570. The number of halogens is 3. The zero-order chi connectivity index (χ0) is 14.7. The Labute approximate surface area is 108 Å². The fraction of sp³-hybridized carbons (Fsp3) is 0.333. The van der Waals surface area contributed by atoms with Crippen molar-refractivity contribution in [1.29, 1.82) is 0 Å². The summed E-state index contributed by atoms with van der Waals surface area (Å²) in [5.74, 6) is 0. The molecular formula is C9H9F3O5PS+. The van der Waals surface area contributed by atoms with Gasteiger partial charge in [-0.05, 0) is 23.1 Å². The van der Waals surface area contributed by atoms with E-state index in [2.05, 4.69) is 8.71 Å². The van der Waals surface area contributed by atoms with Crippen molar-refractivity contribution in [2.75, 3.05) is 6.79 Å². The van der Waals surface area contributed by atoms with Crippen LogP contribution in [0.4, 0.5) is 13.2 Å². The van der Waals surface area contributed by atoms with Crippen LogP contribution in [0.15, 0.2) is 23.1 Å². The van der Waals surface area contributed by atoms with Crippen LogP contribution < -0.4 is 0 Å². The van der Waals surface area contributed by atoms with E-state index < -0.39 is 42.2 Å². The van der Waals surface area contributed by atoms with Gasteiger partial charge in [-0.1, -0.05) is 12.1 Å². The van der Waals surface area contributed by atoms with Crippen molar-refractivity contribution in [3.63, 3.8) is 0 Å². The average Bonchev–Trinajstić information content (AvgIpc) is 2.27. The lowest BCUT2D eigenvalue weighted by atomic mass is 10.1. The van der Waals surface area contributed by atoms with Crippen molar-refractivity contribution in [1.82, 2.24) is 0 Å². The summed E-state index contributed by atoms with van der Waals surface area (Å²) in [5, 5.41) is 0. The molecule has 0 aliphatic carbocycles. The van der Waals surface area contributed by atoms with Crippen molar-refractivity contribution in [2.24, 2.45) is 0 Å². The first-order valence-corrected chi connectivity index (χ1v) is 6.98. The highest BCUT2D eigenvalue weighted by molar-refractivity contribution is 7.86. The number of hydrogen-bond acceptors (Lipinski definition) is 5. The zero-order valence-electron chi connectivity index (χ0n) is 9.52. The second kappa shape index (κ2) is 5.96. The maximum absolute atomic E-state index is 12.7. The number of alkyl halides is 3. The summed E-state index contributed by atoms with van der Waals surface area (Å²) in [6.45, 7) is 0.289. The van der Waals surface area contributed by atoms with E-state index in [0.717, 1.165) is 6.07 Å². The molecule has 1 aromatic carbocycles. The van der Waals surface area contributed by atoms with E-state index in [0.29, 0.717) is 6.07 Å². The molecule has 0 saturated heterocycles. The number of rotatable bonds is 5. The molecule has 0 saturated carbocycles. The highest BCUT2D eigenvalue weighted by atomic mass is 32.2. The summed E-state index contributed by atoms with van der Waals surface area (Å²) in [6.07, 6.45) is -4.83. The summed E-state index contributed by atoms with van der Waals surface area (Å²) < 4.78 is 80.0. The molecule has 0 aliphatic rings. The van der Waals surface area contributed by atoms with E-state index in [1.54, 1.807) is 0 Å². The Morgan fingerprint density at radius 1 is 1.32 bits per heavy atom. The Hall–Kier alpha value is -1.02. The minimum absolute atomic E-state index is 0.112. The minimum atomic E-state index is -4.83. The molecule has 0 amide bonds. The summed E-state index contributed by atoms with van der Waals surface area (Å²) in [6, 6.07) is 2.94. The Morgan fingerprint density at radius 3 is 2.47 bits per heavy atom. The molecule has 1 unspecified atom stereocenters. The highest BCUT2D eigenvalue weighted by Gasteiger charge is 2.38. The van der Waals surface area contributed by atoms with Crippen LogP contribution in [0.3, 0.4) is 0 Å². The second-order valence-corrected chi connectivity index (χ2v) is 5.37. The van der Waals surface area contributed by atoms with Crippen molar-refractivity contribution >= 4 is 18.8 Å². The van der Waals surface area contributed by atoms with Gasteiger partial charge in [-0.25, -0.2) is 4.18 Å². The van der Waals surface area contributed by atoms with Gasteiger partial charge < -0.3 is 0 Å². The molecule has 1 aromatic rings. The monoisotopic (exact) mass is 317 g/mol. The summed E-state index contributed by atoms with van der Waals surface area (Å²) in [7, 11) is -5.93. The predicted octanol–water partition coefficient (Wildman–Crippen LogP) is 2.63. The van der Waals surface area contributed by atoms with Crippen LogP contribution in [0.2, 0.25) is 0 Å². The molecule has 1 rings (SSSR count). The zero-order valence-corrected chi connectivity index (χ0v) is 11.3. The maximum Gasteiger partial charge on any atom is 0.496 e. The smallest absolute Gasteiger partial charge is 0.232 e. The van der Waals surface area contributed by atoms with Gasteiger partial charge >= 0.3 is 14.9 Å². The SMILES string of the molecule is Cc1cccc(C(F)(F)F)c1S(=O)(=O)OCO[PH+]=O. The minimum Gasteiger partial charge on any atom is -0.232 e. The Balaban J connectivity index is 3.29. The highest BCUT2D eigenvalue weighted by Crippen LogP contribution is 2.36. The molecule has 10 heteroatoms. The topological polar surface area (TPSA) is 69.7 Å². The largest absolute Gasteiger partial charge is 0.496 e.